The predicted octanol–water partition coefficient (Wildman–Crippen LogP) is 2.75. The van der Waals surface area contributed by atoms with Crippen molar-refractivity contribution in [2.24, 2.45) is 10.7 Å². The molecule has 0 bridgehead atoms. The van der Waals surface area contributed by atoms with Crippen molar-refractivity contribution in [3.8, 4) is 11.5 Å². The highest BCUT2D eigenvalue weighted by Crippen LogP contribution is 2.28. The molecule has 3 N–H and O–H groups in total. The van der Waals surface area contributed by atoms with Crippen LogP contribution in [0.4, 0.5) is 5.69 Å². The standard InChI is InChI=1S/C21H26N4O3/c1-27-17-9-10-19(28-2)18(12-17)24-21(22)23-13-15-6-3-4-7-16(15)14-25-11-5-8-20(25)26/h3-4,6-7,9-10,12H,5,8,11,13-14H2,1-2H3,(H3,22,23,24). The van der Waals surface area contributed by atoms with E-state index in [1.807, 2.05) is 35.2 Å². The first-order valence-corrected chi connectivity index (χ1v) is 9.24. The van der Waals surface area contributed by atoms with Gasteiger partial charge in [-0.1, -0.05) is 24.3 Å². The van der Waals surface area contributed by atoms with E-state index in [0.717, 1.165) is 24.1 Å². The van der Waals surface area contributed by atoms with Crippen LogP contribution >= 0.6 is 0 Å². The fraction of sp³-hybridized carbons (Fsp3) is 0.333. The van der Waals surface area contributed by atoms with Gasteiger partial charge in [-0.2, -0.15) is 0 Å². The highest BCUT2D eigenvalue weighted by Gasteiger charge is 2.20. The number of nitrogens with two attached hydrogens (primary N) is 1. The van der Waals surface area contributed by atoms with Crippen molar-refractivity contribution >= 4 is 17.6 Å². The van der Waals surface area contributed by atoms with Gasteiger partial charge in [0.25, 0.3) is 0 Å². The number of anilines is 1. The topological polar surface area (TPSA) is 89.2 Å². The summed E-state index contributed by atoms with van der Waals surface area (Å²) in [5.74, 6) is 1.83. The lowest BCUT2D eigenvalue weighted by Crippen LogP contribution is -2.25. The Kier molecular flexibility index (Phi) is 6.37. The van der Waals surface area contributed by atoms with E-state index in [4.69, 9.17) is 15.2 Å². The van der Waals surface area contributed by atoms with E-state index in [0.29, 0.717) is 36.7 Å². The maximum absolute atomic E-state index is 11.9. The summed E-state index contributed by atoms with van der Waals surface area (Å²) in [6, 6.07) is 13.4. The quantitative estimate of drug-likeness (QED) is 0.568. The van der Waals surface area contributed by atoms with E-state index in [2.05, 4.69) is 10.3 Å². The molecule has 3 rings (SSSR count). The summed E-state index contributed by atoms with van der Waals surface area (Å²) < 4.78 is 10.6. The van der Waals surface area contributed by atoms with E-state index in [-0.39, 0.29) is 11.9 Å². The summed E-state index contributed by atoms with van der Waals surface area (Å²) in [6.07, 6.45) is 1.57. The first-order valence-electron chi connectivity index (χ1n) is 9.24. The number of nitrogens with one attached hydrogen (secondary N) is 1. The summed E-state index contributed by atoms with van der Waals surface area (Å²) in [5.41, 5.74) is 8.90. The van der Waals surface area contributed by atoms with Crippen LogP contribution in [0.2, 0.25) is 0 Å². The molecule has 1 amide bonds. The number of carbonyl (C=O) groups is 1. The van der Waals surface area contributed by atoms with E-state index in [9.17, 15) is 4.79 Å². The zero-order chi connectivity index (χ0) is 19.9. The Bertz CT molecular complexity index is 866. The molecule has 0 aromatic heterocycles. The molecule has 148 valence electrons. The smallest absolute Gasteiger partial charge is 0.222 e. The molecule has 1 aliphatic heterocycles. The van der Waals surface area contributed by atoms with Gasteiger partial charge in [0.05, 0.1) is 26.5 Å². The number of hydrogen-bond donors (Lipinski definition) is 2. The van der Waals surface area contributed by atoms with E-state index in [1.165, 1.54) is 0 Å². The average Bonchev–Trinajstić information content (AvgIpc) is 3.11. The lowest BCUT2D eigenvalue weighted by molar-refractivity contribution is -0.128. The van der Waals surface area contributed by atoms with Crippen LogP contribution in [0.3, 0.4) is 0 Å². The molecule has 7 heteroatoms. The number of methoxy groups -OCH3 is 2. The number of ether oxygens (including phenoxy) is 2. The molecule has 0 aliphatic carbocycles. The van der Waals surface area contributed by atoms with Gasteiger partial charge >= 0.3 is 0 Å². The van der Waals surface area contributed by atoms with Crippen LogP contribution in [0, 0.1) is 0 Å². The maximum atomic E-state index is 11.9. The first-order chi connectivity index (χ1) is 13.6. The third kappa shape index (κ3) is 4.73. The molecule has 2 aromatic carbocycles. The summed E-state index contributed by atoms with van der Waals surface area (Å²) in [7, 11) is 3.20. The van der Waals surface area contributed by atoms with Crippen molar-refractivity contribution in [3.63, 3.8) is 0 Å². The van der Waals surface area contributed by atoms with Crippen molar-refractivity contribution in [1.82, 2.24) is 4.90 Å². The van der Waals surface area contributed by atoms with Gasteiger partial charge < -0.3 is 25.4 Å². The molecule has 2 aromatic rings. The molecule has 0 unspecified atom stereocenters. The Balaban J connectivity index is 1.71. The third-order valence-electron chi connectivity index (χ3n) is 4.74. The van der Waals surface area contributed by atoms with E-state index >= 15 is 0 Å². The number of aliphatic imine (C=N–C) groups is 1. The normalized spacial score (nSPS) is 14.3. The van der Waals surface area contributed by atoms with Crippen molar-refractivity contribution in [2.45, 2.75) is 25.9 Å². The molecule has 1 aliphatic rings. The van der Waals surface area contributed by atoms with Crippen LogP contribution in [0.1, 0.15) is 24.0 Å². The van der Waals surface area contributed by atoms with Gasteiger partial charge in [-0.25, -0.2) is 4.99 Å². The molecule has 1 heterocycles. The van der Waals surface area contributed by atoms with Crippen molar-refractivity contribution < 1.29 is 14.3 Å². The monoisotopic (exact) mass is 382 g/mol. The van der Waals surface area contributed by atoms with E-state index < -0.39 is 0 Å². The predicted molar refractivity (Wildman–Crippen MR) is 110 cm³/mol. The third-order valence-corrected chi connectivity index (χ3v) is 4.74. The van der Waals surface area contributed by atoms with Crippen molar-refractivity contribution in [2.75, 3.05) is 26.1 Å². The number of rotatable bonds is 7. The van der Waals surface area contributed by atoms with Gasteiger partial charge in [0.1, 0.15) is 11.5 Å². The number of likely N-dealkylation sites (tertiary alicyclic amines) is 1. The van der Waals surface area contributed by atoms with Gasteiger partial charge in [0.15, 0.2) is 5.96 Å². The Labute approximate surface area is 165 Å². The molecular formula is C21H26N4O3. The fourth-order valence-corrected chi connectivity index (χ4v) is 3.20. The number of carbonyl (C=O) groups excluding carboxylic acids is 1. The SMILES string of the molecule is COc1ccc(OC)c(NC(N)=NCc2ccccc2CN2CCCC2=O)c1. The van der Waals surface area contributed by atoms with Gasteiger partial charge in [0.2, 0.25) is 5.91 Å². The minimum Gasteiger partial charge on any atom is -0.497 e. The molecule has 0 radical (unpaired) electrons. The minimum absolute atomic E-state index is 0.213. The zero-order valence-corrected chi connectivity index (χ0v) is 16.3. The number of hydrogen-bond acceptors (Lipinski definition) is 4. The molecular weight excluding hydrogens is 356 g/mol. The highest BCUT2D eigenvalue weighted by atomic mass is 16.5. The van der Waals surface area contributed by atoms with Crippen LogP contribution in [0.25, 0.3) is 0 Å². The summed E-state index contributed by atoms with van der Waals surface area (Å²) in [4.78, 5) is 18.3. The summed E-state index contributed by atoms with van der Waals surface area (Å²) >= 11 is 0. The fourth-order valence-electron chi connectivity index (χ4n) is 3.20. The van der Waals surface area contributed by atoms with E-state index in [1.54, 1.807) is 26.4 Å². The molecule has 7 nitrogen and oxygen atoms in total. The second-order valence-electron chi connectivity index (χ2n) is 6.58. The highest BCUT2D eigenvalue weighted by molar-refractivity contribution is 5.94. The number of guanidine groups is 1. The lowest BCUT2D eigenvalue weighted by atomic mass is 10.1. The minimum atomic E-state index is 0.213. The van der Waals surface area contributed by atoms with Gasteiger partial charge in [0, 0.05) is 25.6 Å². The van der Waals surface area contributed by atoms with Gasteiger partial charge in [-0.3, -0.25) is 4.79 Å². The zero-order valence-electron chi connectivity index (χ0n) is 16.3. The number of amides is 1. The Morgan fingerprint density at radius 2 is 1.96 bits per heavy atom. The van der Waals surface area contributed by atoms with Crippen molar-refractivity contribution in [3.05, 3.63) is 53.6 Å². The van der Waals surface area contributed by atoms with Crippen LogP contribution < -0.4 is 20.5 Å². The molecule has 1 saturated heterocycles. The maximum Gasteiger partial charge on any atom is 0.222 e. The molecule has 0 spiro atoms. The number of nitrogens with zero attached hydrogens (tertiary/aromatic N) is 2. The second-order valence-corrected chi connectivity index (χ2v) is 6.58. The molecule has 0 atom stereocenters. The van der Waals surface area contributed by atoms with Crippen LogP contribution in [0.15, 0.2) is 47.5 Å². The second kappa shape index (κ2) is 9.12. The lowest BCUT2D eigenvalue weighted by Gasteiger charge is -2.17. The summed E-state index contributed by atoms with van der Waals surface area (Å²) in [6.45, 7) is 1.85. The molecule has 28 heavy (non-hydrogen) atoms. The Morgan fingerprint density at radius 3 is 2.64 bits per heavy atom. The van der Waals surface area contributed by atoms with Crippen LogP contribution in [-0.2, 0) is 17.9 Å². The Hall–Kier alpha value is -3.22. The van der Waals surface area contributed by atoms with Crippen LogP contribution in [0.5, 0.6) is 11.5 Å². The largest absolute Gasteiger partial charge is 0.497 e. The number of benzene rings is 2. The molecule has 1 fully saturated rings. The van der Waals surface area contributed by atoms with Gasteiger partial charge in [-0.15, -0.1) is 0 Å². The van der Waals surface area contributed by atoms with Gasteiger partial charge in [-0.05, 0) is 29.7 Å². The van der Waals surface area contributed by atoms with Crippen LogP contribution in [-0.4, -0.2) is 37.5 Å². The summed E-state index contributed by atoms with van der Waals surface area (Å²) in [5, 5.41) is 3.06. The molecule has 0 saturated carbocycles. The Morgan fingerprint density at radius 1 is 1.18 bits per heavy atom. The average molecular weight is 382 g/mol. The first kappa shape index (κ1) is 19.5. The van der Waals surface area contributed by atoms with Crippen molar-refractivity contribution in [1.29, 1.82) is 0 Å².